The molecule has 1 aromatic carbocycles. The zero-order valence-corrected chi connectivity index (χ0v) is 16.6. The van der Waals surface area contributed by atoms with Crippen molar-refractivity contribution in [1.82, 2.24) is 10.3 Å². The summed E-state index contributed by atoms with van der Waals surface area (Å²) < 4.78 is 6.46. The molecule has 2 aromatic rings. The number of fused-ring (bicyclic) bond motifs is 1. The van der Waals surface area contributed by atoms with Gasteiger partial charge in [-0.1, -0.05) is 38.5 Å². The molecular weight excluding hydrogens is 352 g/mol. The van der Waals surface area contributed by atoms with Gasteiger partial charge in [0.05, 0.1) is 11.6 Å². The molecule has 1 spiro atoms. The number of pyridine rings is 1. The molecule has 0 bridgehead atoms. The lowest BCUT2D eigenvalue weighted by molar-refractivity contribution is -0.00210. The first-order valence-corrected chi connectivity index (χ1v) is 10.3. The molecule has 28 heavy (non-hydrogen) atoms. The Kier molecular flexibility index (Phi) is 5.00. The second-order valence-corrected chi connectivity index (χ2v) is 8.42. The highest BCUT2D eigenvalue weighted by Crippen LogP contribution is 2.46. The van der Waals surface area contributed by atoms with Crippen molar-refractivity contribution in [3.63, 3.8) is 0 Å². The zero-order valence-electron chi connectivity index (χ0n) is 16.6. The summed E-state index contributed by atoms with van der Waals surface area (Å²) in [5, 5.41) is 3.24. The number of nitrogens with one attached hydrogen (secondary N) is 2. The van der Waals surface area contributed by atoms with Gasteiger partial charge in [0.15, 0.2) is 0 Å². The van der Waals surface area contributed by atoms with Crippen LogP contribution in [0.4, 0.5) is 0 Å². The first kappa shape index (κ1) is 18.8. The van der Waals surface area contributed by atoms with Crippen LogP contribution < -0.4 is 15.6 Å². The minimum Gasteiger partial charge on any atom is -0.487 e. The van der Waals surface area contributed by atoms with E-state index in [1.807, 2.05) is 38.1 Å². The molecule has 1 fully saturated rings. The minimum absolute atomic E-state index is 0.0568. The van der Waals surface area contributed by atoms with E-state index in [1.54, 1.807) is 6.07 Å². The van der Waals surface area contributed by atoms with E-state index in [1.165, 1.54) is 25.3 Å². The Hall–Kier alpha value is -2.56. The van der Waals surface area contributed by atoms with Crippen molar-refractivity contribution in [2.24, 2.45) is 0 Å². The van der Waals surface area contributed by atoms with Gasteiger partial charge in [-0.3, -0.25) is 9.59 Å². The minimum atomic E-state index is -0.184. The number of ether oxygens (including phenoxy) is 1. The van der Waals surface area contributed by atoms with Gasteiger partial charge in [0.1, 0.15) is 11.4 Å². The molecule has 0 saturated heterocycles. The topological polar surface area (TPSA) is 71.2 Å². The van der Waals surface area contributed by atoms with Gasteiger partial charge in [0.2, 0.25) is 5.56 Å². The SMILES string of the molecule is CC(C)c1[nH]c(=O)ccc1C(=O)NC1CC2(CCCCC2)Oc2ccccc21. The molecule has 5 nitrogen and oxygen atoms in total. The van der Waals surface area contributed by atoms with Gasteiger partial charge in [0.25, 0.3) is 5.91 Å². The Labute approximate surface area is 165 Å². The Morgan fingerprint density at radius 1 is 1.14 bits per heavy atom. The monoisotopic (exact) mass is 380 g/mol. The molecule has 1 aromatic heterocycles. The van der Waals surface area contributed by atoms with E-state index in [9.17, 15) is 9.59 Å². The van der Waals surface area contributed by atoms with Crippen LogP contribution in [0.3, 0.4) is 0 Å². The fourth-order valence-electron chi connectivity index (χ4n) is 4.63. The van der Waals surface area contributed by atoms with Crippen LogP contribution in [0, 0.1) is 0 Å². The van der Waals surface area contributed by atoms with Crippen molar-refractivity contribution in [2.45, 2.75) is 69.9 Å². The maximum Gasteiger partial charge on any atom is 0.253 e. The van der Waals surface area contributed by atoms with E-state index in [0.717, 1.165) is 30.6 Å². The predicted octanol–water partition coefficient (Wildman–Crippen LogP) is 4.45. The first-order valence-electron chi connectivity index (χ1n) is 10.3. The average molecular weight is 380 g/mol. The lowest BCUT2D eigenvalue weighted by Gasteiger charge is -2.44. The summed E-state index contributed by atoms with van der Waals surface area (Å²) >= 11 is 0. The number of hydrogen-bond donors (Lipinski definition) is 2. The van der Waals surface area contributed by atoms with Crippen molar-refractivity contribution in [2.75, 3.05) is 0 Å². The van der Waals surface area contributed by atoms with Gasteiger partial charge in [-0.2, -0.15) is 0 Å². The van der Waals surface area contributed by atoms with Crippen molar-refractivity contribution in [3.8, 4) is 5.75 Å². The van der Waals surface area contributed by atoms with Crippen LogP contribution in [-0.4, -0.2) is 16.5 Å². The van der Waals surface area contributed by atoms with Crippen LogP contribution in [0.2, 0.25) is 0 Å². The highest BCUT2D eigenvalue weighted by Gasteiger charge is 2.42. The molecule has 4 rings (SSSR count). The highest BCUT2D eigenvalue weighted by atomic mass is 16.5. The molecule has 1 atom stereocenters. The van der Waals surface area contributed by atoms with Crippen LogP contribution in [0.1, 0.15) is 85.9 Å². The van der Waals surface area contributed by atoms with E-state index in [4.69, 9.17) is 4.74 Å². The Balaban J connectivity index is 1.65. The fourth-order valence-corrected chi connectivity index (χ4v) is 4.63. The number of rotatable bonds is 3. The molecule has 1 amide bonds. The normalized spacial score (nSPS) is 20.5. The molecule has 1 aliphatic heterocycles. The van der Waals surface area contributed by atoms with E-state index in [-0.39, 0.29) is 29.0 Å². The molecule has 0 radical (unpaired) electrons. The standard InChI is InChI=1S/C23H28N2O3/c1-15(2)21-17(10-11-20(26)25-21)22(27)24-18-14-23(12-6-3-7-13-23)28-19-9-5-4-8-16(18)19/h4-5,8-11,15,18H,3,6-7,12-14H2,1-2H3,(H,24,27)(H,25,26). The smallest absolute Gasteiger partial charge is 0.253 e. The van der Waals surface area contributed by atoms with Crippen LogP contribution in [-0.2, 0) is 0 Å². The highest BCUT2D eigenvalue weighted by molar-refractivity contribution is 5.95. The van der Waals surface area contributed by atoms with Gasteiger partial charge in [0, 0.05) is 23.7 Å². The van der Waals surface area contributed by atoms with E-state index in [0.29, 0.717) is 11.3 Å². The molecule has 1 saturated carbocycles. The summed E-state index contributed by atoms with van der Waals surface area (Å²) in [6.07, 6.45) is 6.43. The van der Waals surface area contributed by atoms with Crippen molar-refractivity contribution in [1.29, 1.82) is 0 Å². The molecule has 2 heterocycles. The molecule has 148 valence electrons. The second kappa shape index (κ2) is 7.46. The third kappa shape index (κ3) is 3.58. The van der Waals surface area contributed by atoms with Gasteiger partial charge in [-0.25, -0.2) is 0 Å². The number of aromatic amines is 1. The summed E-state index contributed by atoms with van der Waals surface area (Å²) in [7, 11) is 0. The zero-order chi connectivity index (χ0) is 19.7. The fraction of sp³-hybridized carbons (Fsp3) is 0.478. The Bertz CT molecular complexity index is 925. The molecule has 2 N–H and O–H groups in total. The molecule has 5 heteroatoms. The molecular formula is C23H28N2O3. The molecule has 1 aliphatic carbocycles. The summed E-state index contributed by atoms with van der Waals surface area (Å²) in [5.74, 6) is 0.792. The summed E-state index contributed by atoms with van der Waals surface area (Å²) in [5.41, 5.74) is 1.88. The van der Waals surface area contributed by atoms with Crippen molar-refractivity contribution in [3.05, 3.63) is 63.6 Å². The van der Waals surface area contributed by atoms with Crippen LogP contribution >= 0.6 is 0 Å². The van der Waals surface area contributed by atoms with Gasteiger partial charge >= 0.3 is 0 Å². The quantitative estimate of drug-likeness (QED) is 0.826. The van der Waals surface area contributed by atoms with Crippen LogP contribution in [0.15, 0.2) is 41.2 Å². The lowest BCUT2D eigenvalue weighted by atomic mass is 9.77. The summed E-state index contributed by atoms with van der Waals surface area (Å²) in [6.45, 7) is 3.95. The number of benzene rings is 1. The third-order valence-electron chi connectivity index (χ3n) is 6.04. The number of carbonyl (C=O) groups is 1. The maximum atomic E-state index is 13.2. The number of carbonyl (C=O) groups excluding carboxylic acids is 1. The Morgan fingerprint density at radius 2 is 1.89 bits per heavy atom. The number of para-hydroxylation sites is 1. The predicted molar refractivity (Wildman–Crippen MR) is 109 cm³/mol. The number of aromatic nitrogens is 1. The number of amides is 1. The summed E-state index contributed by atoms with van der Waals surface area (Å²) in [6, 6.07) is 11.0. The largest absolute Gasteiger partial charge is 0.487 e. The second-order valence-electron chi connectivity index (χ2n) is 8.42. The third-order valence-corrected chi connectivity index (χ3v) is 6.04. The number of hydrogen-bond acceptors (Lipinski definition) is 3. The average Bonchev–Trinajstić information content (AvgIpc) is 2.68. The molecule has 1 unspecified atom stereocenters. The lowest BCUT2D eigenvalue weighted by Crippen LogP contribution is -2.46. The van der Waals surface area contributed by atoms with Gasteiger partial charge < -0.3 is 15.0 Å². The van der Waals surface area contributed by atoms with E-state index < -0.39 is 0 Å². The van der Waals surface area contributed by atoms with Crippen molar-refractivity contribution >= 4 is 5.91 Å². The van der Waals surface area contributed by atoms with E-state index in [2.05, 4.69) is 10.3 Å². The summed E-state index contributed by atoms with van der Waals surface area (Å²) in [4.78, 5) is 27.7. The first-order chi connectivity index (χ1) is 13.5. The van der Waals surface area contributed by atoms with Gasteiger partial charge in [-0.15, -0.1) is 0 Å². The molecule has 2 aliphatic rings. The van der Waals surface area contributed by atoms with Gasteiger partial charge in [-0.05, 0) is 43.7 Å². The Morgan fingerprint density at radius 3 is 2.64 bits per heavy atom. The number of H-pyrrole nitrogens is 1. The van der Waals surface area contributed by atoms with Crippen LogP contribution in [0.25, 0.3) is 0 Å². The van der Waals surface area contributed by atoms with Crippen LogP contribution in [0.5, 0.6) is 5.75 Å². The maximum absolute atomic E-state index is 13.2. The van der Waals surface area contributed by atoms with E-state index >= 15 is 0 Å². The van der Waals surface area contributed by atoms with Crippen molar-refractivity contribution < 1.29 is 9.53 Å².